The van der Waals surface area contributed by atoms with Crippen molar-refractivity contribution >= 4 is 28.6 Å². The van der Waals surface area contributed by atoms with Gasteiger partial charge in [-0.25, -0.2) is 4.79 Å². The van der Waals surface area contributed by atoms with Gasteiger partial charge in [0.15, 0.2) is 0 Å². The van der Waals surface area contributed by atoms with Crippen molar-refractivity contribution < 1.29 is 14.4 Å². The van der Waals surface area contributed by atoms with Gasteiger partial charge in [-0.05, 0) is 35.6 Å². The third-order valence-corrected chi connectivity index (χ3v) is 4.95. The molecule has 1 unspecified atom stereocenters. The molecule has 1 atom stereocenters. The van der Waals surface area contributed by atoms with Crippen LogP contribution >= 0.6 is 0 Å². The molecule has 0 bridgehead atoms. The van der Waals surface area contributed by atoms with Crippen LogP contribution in [0.25, 0.3) is 10.8 Å². The molecular formula is C21H25N3O3. The Morgan fingerprint density at radius 3 is 2.59 bits per heavy atom. The molecule has 0 aromatic heterocycles. The maximum absolute atomic E-state index is 13.1. The van der Waals surface area contributed by atoms with Crippen molar-refractivity contribution in [1.29, 1.82) is 0 Å². The van der Waals surface area contributed by atoms with Gasteiger partial charge in [0.2, 0.25) is 5.91 Å². The Labute approximate surface area is 158 Å². The molecule has 2 aromatic carbocycles. The second kappa shape index (κ2) is 7.39. The molecule has 6 heteroatoms. The Hall–Kier alpha value is -2.89. The van der Waals surface area contributed by atoms with E-state index in [0.29, 0.717) is 12.5 Å². The molecule has 1 aliphatic rings. The van der Waals surface area contributed by atoms with E-state index < -0.39 is 17.5 Å². The lowest BCUT2D eigenvalue weighted by molar-refractivity contribution is -0.134. The second-order valence-electron chi connectivity index (χ2n) is 7.51. The maximum Gasteiger partial charge on any atom is 0.325 e. The summed E-state index contributed by atoms with van der Waals surface area (Å²) in [6.07, 6.45) is 0.847. The van der Waals surface area contributed by atoms with E-state index in [1.54, 1.807) is 6.92 Å². The normalized spacial score (nSPS) is 19.6. The van der Waals surface area contributed by atoms with E-state index in [0.717, 1.165) is 27.7 Å². The highest BCUT2D eigenvalue weighted by molar-refractivity contribution is 6.10. The van der Waals surface area contributed by atoms with E-state index in [-0.39, 0.29) is 12.5 Å². The van der Waals surface area contributed by atoms with Gasteiger partial charge in [0.05, 0.1) is 0 Å². The van der Waals surface area contributed by atoms with E-state index in [9.17, 15) is 14.4 Å². The van der Waals surface area contributed by atoms with E-state index in [4.69, 9.17) is 0 Å². The van der Waals surface area contributed by atoms with Gasteiger partial charge in [-0.15, -0.1) is 0 Å². The van der Waals surface area contributed by atoms with Gasteiger partial charge in [-0.3, -0.25) is 14.5 Å². The minimum atomic E-state index is -1.20. The number of hydrogen-bond acceptors (Lipinski definition) is 3. The summed E-state index contributed by atoms with van der Waals surface area (Å²) in [5.41, 5.74) is -0.474. The second-order valence-corrected chi connectivity index (χ2v) is 7.51. The van der Waals surface area contributed by atoms with Crippen LogP contribution < -0.4 is 10.6 Å². The average Bonchev–Trinajstić information content (AvgIpc) is 2.85. The van der Waals surface area contributed by atoms with Gasteiger partial charge < -0.3 is 10.6 Å². The number of nitrogens with zero attached hydrogens (tertiary/aromatic N) is 1. The molecule has 1 heterocycles. The van der Waals surface area contributed by atoms with Crippen molar-refractivity contribution in [3.05, 3.63) is 48.0 Å². The van der Waals surface area contributed by atoms with Gasteiger partial charge in [0.25, 0.3) is 5.91 Å². The van der Waals surface area contributed by atoms with E-state index >= 15 is 0 Å². The van der Waals surface area contributed by atoms with Crippen LogP contribution in [0.4, 0.5) is 4.79 Å². The number of fused-ring (bicyclic) bond motifs is 1. The fraction of sp³-hybridized carbons (Fsp3) is 0.381. The number of nitrogens with one attached hydrogen (secondary N) is 2. The summed E-state index contributed by atoms with van der Waals surface area (Å²) in [5, 5.41) is 7.43. The fourth-order valence-electron chi connectivity index (χ4n) is 3.38. The molecule has 142 valence electrons. The number of rotatable bonds is 6. The first-order valence-corrected chi connectivity index (χ1v) is 9.22. The standard InChI is InChI=1S/C21H25N3O3/c1-14(2)11-12-22-18(25)13-24-19(26)21(3,23-20(24)27)17-10-6-8-15-7-4-5-9-16(15)17/h4-10,14H,11-13H2,1-3H3,(H,22,25)(H,23,27). The maximum atomic E-state index is 13.1. The summed E-state index contributed by atoms with van der Waals surface area (Å²) in [5.74, 6) is -0.277. The number of carbonyl (C=O) groups excluding carboxylic acids is 3. The third kappa shape index (κ3) is 3.65. The molecule has 2 aromatic rings. The summed E-state index contributed by atoms with van der Waals surface area (Å²) in [7, 11) is 0. The molecule has 0 aliphatic carbocycles. The van der Waals surface area contributed by atoms with Gasteiger partial charge in [-0.2, -0.15) is 0 Å². The third-order valence-electron chi connectivity index (χ3n) is 4.95. The lowest BCUT2D eigenvalue weighted by Gasteiger charge is -2.24. The van der Waals surface area contributed by atoms with E-state index in [1.807, 2.05) is 42.5 Å². The van der Waals surface area contributed by atoms with Crippen LogP contribution in [0.1, 0.15) is 32.8 Å². The van der Waals surface area contributed by atoms with Gasteiger partial charge in [0, 0.05) is 6.54 Å². The molecule has 0 radical (unpaired) electrons. The van der Waals surface area contributed by atoms with Crippen molar-refractivity contribution in [1.82, 2.24) is 15.5 Å². The van der Waals surface area contributed by atoms with Gasteiger partial charge >= 0.3 is 6.03 Å². The van der Waals surface area contributed by atoms with Crippen molar-refractivity contribution in [2.45, 2.75) is 32.7 Å². The van der Waals surface area contributed by atoms with E-state index in [1.165, 1.54) is 0 Å². The van der Waals surface area contributed by atoms with Crippen LogP contribution in [0, 0.1) is 5.92 Å². The predicted molar refractivity (Wildman–Crippen MR) is 104 cm³/mol. The topological polar surface area (TPSA) is 78.5 Å². The minimum Gasteiger partial charge on any atom is -0.355 e. The minimum absolute atomic E-state index is 0.275. The Balaban J connectivity index is 1.81. The average molecular weight is 367 g/mol. The van der Waals surface area contributed by atoms with Crippen LogP contribution in [0.5, 0.6) is 0 Å². The van der Waals surface area contributed by atoms with Crippen molar-refractivity contribution in [2.24, 2.45) is 5.92 Å². The first-order valence-electron chi connectivity index (χ1n) is 9.22. The highest BCUT2D eigenvalue weighted by atomic mass is 16.2. The summed E-state index contributed by atoms with van der Waals surface area (Å²) in [6.45, 7) is 6.08. The lowest BCUT2D eigenvalue weighted by Crippen LogP contribution is -2.43. The predicted octanol–water partition coefficient (Wildman–Crippen LogP) is 2.77. The Morgan fingerprint density at radius 2 is 1.85 bits per heavy atom. The summed E-state index contributed by atoms with van der Waals surface area (Å²) in [4.78, 5) is 38.6. The Kier molecular flexibility index (Phi) is 5.17. The monoisotopic (exact) mass is 367 g/mol. The van der Waals surface area contributed by atoms with Gasteiger partial charge in [0.1, 0.15) is 12.1 Å². The van der Waals surface area contributed by atoms with Gasteiger partial charge in [-0.1, -0.05) is 56.3 Å². The fourth-order valence-corrected chi connectivity index (χ4v) is 3.38. The zero-order valence-corrected chi connectivity index (χ0v) is 15.9. The van der Waals surface area contributed by atoms with E-state index in [2.05, 4.69) is 24.5 Å². The smallest absolute Gasteiger partial charge is 0.325 e. The SMILES string of the molecule is CC(C)CCNC(=O)CN1C(=O)NC(C)(c2cccc3ccccc23)C1=O. The van der Waals surface area contributed by atoms with Crippen LogP contribution in [-0.4, -0.2) is 35.8 Å². The Bertz CT molecular complexity index is 888. The molecule has 1 saturated heterocycles. The number of amides is 4. The molecule has 27 heavy (non-hydrogen) atoms. The molecule has 6 nitrogen and oxygen atoms in total. The van der Waals surface area contributed by atoms with Crippen LogP contribution in [0.15, 0.2) is 42.5 Å². The highest BCUT2D eigenvalue weighted by Gasteiger charge is 2.50. The molecule has 3 rings (SSSR count). The Morgan fingerprint density at radius 1 is 1.15 bits per heavy atom. The number of carbonyl (C=O) groups is 3. The number of imide groups is 1. The quantitative estimate of drug-likeness (QED) is 0.771. The zero-order chi connectivity index (χ0) is 19.6. The first-order chi connectivity index (χ1) is 12.8. The number of hydrogen-bond donors (Lipinski definition) is 2. The van der Waals surface area contributed by atoms with Crippen LogP contribution in [-0.2, 0) is 15.1 Å². The lowest BCUT2D eigenvalue weighted by atomic mass is 9.88. The van der Waals surface area contributed by atoms with Crippen LogP contribution in [0.3, 0.4) is 0 Å². The molecule has 2 N–H and O–H groups in total. The molecule has 0 saturated carbocycles. The first kappa shape index (κ1) is 18.9. The zero-order valence-electron chi connectivity index (χ0n) is 15.9. The molecule has 1 fully saturated rings. The van der Waals surface area contributed by atoms with Crippen molar-refractivity contribution in [2.75, 3.05) is 13.1 Å². The summed E-state index contributed by atoms with van der Waals surface area (Å²) in [6, 6.07) is 12.8. The largest absolute Gasteiger partial charge is 0.355 e. The molecule has 1 aliphatic heterocycles. The molecule has 4 amide bonds. The molecule has 0 spiro atoms. The van der Waals surface area contributed by atoms with Crippen molar-refractivity contribution in [3.63, 3.8) is 0 Å². The highest BCUT2D eigenvalue weighted by Crippen LogP contribution is 2.33. The number of benzene rings is 2. The summed E-state index contributed by atoms with van der Waals surface area (Å²) >= 11 is 0. The molecular weight excluding hydrogens is 342 g/mol. The summed E-state index contributed by atoms with van der Waals surface area (Å²) < 4.78 is 0. The van der Waals surface area contributed by atoms with Crippen LogP contribution in [0.2, 0.25) is 0 Å². The van der Waals surface area contributed by atoms with Crippen molar-refractivity contribution in [3.8, 4) is 0 Å². The number of urea groups is 1.